The zero-order valence-corrected chi connectivity index (χ0v) is 18.3. The van der Waals surface area contributed by atoms with Gasteiger partial charge in [0.25, 0.3) is 5.91 Å². The molecule has 1 fully saturated rings. The number of nitrogens with zero attached hydrogens (tertiary/aromatic N) is 4. The Bertz CT molecular complexity index is 1060. The highest BCUT2D eigenvalue weighted by Crippen LogP contribution is 2.28. The van der Waals surface area contributed by atoms with Gasteiger partial charge in [-0.3, -0.25) is 8.98 Å². The van der Waals surface area contributed by atoms with Crippen LogP contribution < -0.4 is 16.2 Å². The Labute approximate surface area is 184 Å². The predicted molar refractivity (Wildman–Crippen MR) is 111 cm³/mol. The van der Waals surface area contributed by atoms with Crippen LogP contribution in [0.25, 0.3) is 11.2 Å². The lowest BCUT2D eigenvalue weighted by molar-refractivity contribution is -0.166. The van der Waals surface area contributed by atoms with Crippen LogP contribution in [0.5, 0.6) is 0 Å². The average Bonchev–Trinajstić information content (AvgIpc) is 3.13. The van der Waals surface area contributed by atoms with Gasteiger partial charge in [-0.25, -0.2) is 19.7 Å². The molecule has 7 N–H and O–H groups in total. The second kappa shape index (κ2) is 9.60. The number of rotatable bonds is 8. The highest BCUT2D eigenvalue weighted by atomic mass is 32.2. The second-order valence-electron chi connectivity index (χ2n) is 7.94. The third kappa shape index (κ3) is 5.31. The number of imidazole rings is 1. The van der Waals surface area contributed by atoms with Crippen LogP contribution in [0.3, 0.4) is 0 Å². The monoisotopic (exact) mass is 473 g/mol. The van der Waals surface area contributed by atoms with Gasteiger partial charge in [-0.15, -0.1) is 0 Å². The molecule has 0 unspecified atom stereocenters. The minimum absolute atomic E-state index is 0.0927. The first-order valence-corrected chi connectivity index (χ1v) is 11.3. The van der Waals surface area contributed by atoms with Gasteiger partial charge in [-0.2, -0.15) is 8.42 Å². The van der Waals surface area contributed by atoms with E-state index in [0.717, 1.165) is 0 Å². The van der Waals surface area contributed by atoms with Crippen LogP contribution in [0.15, 0.2) is 12.7 Å². The van der Waals surface area contributed by atoms with E-state index < -0.39 is 53.2 Å². The molecule has 2 aromatic heterocycles. The summed E-state index contributed by atoms with van der Waals surface area (Å²) in [6, 6.07) is -1.79. The summed E-state index contributed by atoms with van der Waals surface area (Å²) < 4.78 is 37.6. The number of aliphatic hydroxyl groups excluding tert-OH is 2. The number of aliphatic hydroxyl groups is 2. The molecule has 2 aromatic rings. The van der Waals surface area contributed by atoms with Gasteiger partial charge in [0.05, 0.1) is 31.6 Å². The lowest BCUT2D eigenvalue weighted by Crippen LogP contribution is -2.53. The van der Waals surface area contributed by atoms with Crippen molar-refractivity contribution in [1.29, 1.82) is 0 Å². The molecule has 0 saturated carbocycles. The van der Waals surface area contributed by atoms with Crippen LogP contribution >= 0.6 is 0 Å². The molecule has 1 saturated heterocycles. The van der Waals surface area contributed by atoms with E-state index in [2.05, 4.69) is 15.0 Å². The van der Waals surface area contributed by atoms with Crippen molar-refractivity contribution < 1.29 is 32.3 Å². The molecule has 1 amide bonds. The molecule has 3 heterocycles. The summed E-state index contributed by atoms with van der Waals surface area (Å²) in [6.45, 7) is 2.94. The fraction of sp³-hybridized carbons (Fsp3) is 0.647. The first-order chi connectivity index (χ1) is 15.0. The van der Waals surface area contributed by atoms with Crippen LogP contribution in [-0.2, 0) is 24.0 Å². The van der Waals surface area contributed by atoms with E-state index >= 15 is 0 Å². The van der Waals surface area contributed by atoms with Gasteiger partial charge >= 0.3 is 10.3 Å². The maximum Gasteiger partial charge on any atom is 0.362 e. The summed E-state index contributed by atoms with van der Waals surface area (Å²) in [5.41, 5.74) is 12.1. The van der Waals surface area contributed by atoms with Crippen molar-refractivity contribution in [2.75, 3.05) is 18.9 Å². The minimum atomic E-state index is -4.49. The van der Waals surface area contributed by atoms with Gasteiger partial charge in [0, 0.05) is 0 Å². The molecule has 5 atom stereocenters. The number of carbonyl (C=O) groups excluding carboxylic acids is 1. The number of carbonyl (C=O) groups is 1. The topological polar surface area (TPSA) is 218 Å². The van der Waals surface area contributed by atoms with Crippen molar-refractivity contribution in [3.63, 3.8) is 0 Å². The predicted octanol–water partition coefficient (Wildman–Crippen LogP) is -2.18. The molecule has 0 aliphatic carbocycles. The van der Waals surface area contributed by atoms with Crippen molar-refractivity contribution in [3.05, 3.63) is 12.7 Å². The largest absolute Gasteiger partial charge is 0.388 e. The molecule has 1 aliphatic rings. The van der Waals surface area contributed by atoms with Crippen molar-refractivity contribution in [2.45, 2.75) is 50.7 Å². The van der Waals surface area contributed by atoms with Crippen LogP contribution in [0.4, 0.5) is 5.82 Å². The molecule has 32 heavy (non-hydrogen) atoms. The number of anilines is 1. The van der Waals surface area contributed by atoms with Crippen molar-refractivity contribution in [3.8, 4) is 0 Å². The Morgan fingerprint density at radius 2 is 2.06 bits per heavy atom. The smallest absolute Gasteiger partial charge is 0.362 e. The first kappa shape index (κ1) is 24.2. The van der Waals surface area contributed by atoms with E-state index in [1.165, 1.54) is 17.2 Å². The molecule has 15 heteroatoms. The minimum Gasteiger partial charge on any atom is -0.388 e. The Morgan fingerprint density at radius 3 is 2.75 bits per heavy atom. The lowest BCUT2D eigenvalue weighted by Gasteiger charge is -2.37. The van der Waals surface area contributed by atoms with E-state index in [4.69, 9.17) is 20.4 Å². The summed E-state index contributed by atoms with van der Waals surface area (Å²) in [6.07, 6.45) is -1.12. The summed E-state index contributed by atoms with van der Waals surface area (Å²) in [4.78, 5) is 24.0. The Kier molecular flexibility index (Phi) is 7.26. The number of nitrogen functional groups attached to an aromatic ring is 1. The van der Waals surface area contributed by atoms with E-state index in [-0.39, 0.29) is 18.3 Å². The van der Waals surface area contributed by atoms with Crippen LogP contribution in [0.1, 0.15) is 26.3 Å². The lowest BCUT2D eigenvalue weighted by atomic mass is 9.98. The average molecular weight is 474 g/mol. The van der Waals surface area contributed by atoms with Gasteiger partial charge in [0.2, 0.25) is 0 Å². The second-order valence-corrected chi connectivity index (χ2v) is 9.29. The summed E-state index contributed by atoms with van der Waals surface area (Å²) in [5, 5.41) is 21.0. The number of nitrogens with one attached hydrogen (secondary N) is 1. The highest BCUT2D eigenvalue weighted by Gasteiger charge is 2.41. The molecule has 0 bridgehead atoms. The van der Waals surface area contributed by atoms with Crippen molar-refractivity contribution >= 4 is 33.2 Å². The molecule has 0 radical (unpaired) electrons. The Morgan fingerprint density at radius 1 is 1.34 bits per heavy atom. The van der Waals surface area contributed by atoms with Gasteiger partial charge in [-0.05, 0) is 12.3 Å². The zero-order valence-electron chi connectivity index (χ0n) is 17.5. The van der Waals surface area contributed by atoms with Gasteiger partial charge < -0.3 is 31.0 Å². The summed E-state index contributed by atoms with van der Waals surface area (Å²) in [7, 11) is -4.49. The van der Waals surface area contributed by atoms with Gasteiger partial charge in [0.15, 0.2) is 11.5 Å². The van der Waals surface area contributed by atoms with Crippen molar-refractivity contribution in [2.24, 2.45) is 11.7 Å². The van der Waals surface area contributed by atoms with E-state index in [0.29, 0.717) is 17.6 Å². The van der Waals surface area contributed by atoms with E-state index in [1.54, 1.807) is 4.72 Å². The summed E-state index contributed by atoms with van der Waals surface area (Å²) in [5.74, 6) is -0.653. The number of hydrogen-bond acceptors (Lipinski definition) is 12. The van der Waals surface area contributed by atoms with Crippen LogP contribution in [0.2, 0.25) is 0 Å². The van der Waals surface area contributed by atoms with Crippen LogP contribution in [0, 0.1) is 5.92 Å². The third-order valence-electron chi connectivity index (χ3n) is 5.03. The molecule has 0 spiro atoms. The number of hydrogen-bond donors (Lipinski definition) is 5. The molecule has 178 valence electrons. The van der Waals surface area contributed by atoms with E-state index in [1.807, 2.05) is 13.8 Å². The fourth-order valence-corrected chi connectivity index (χ4v) is 4.14. The maximum atomic E-state index is 12.0. The molecular weight excluding hydrogens is 446 g/mol. The molecule has 14 nitrogen and oxygen atoms in total. The number of ether oxygens (including phenoxy) is 1. The number of aromatic nitrogens is 4. The number of fused-ring (bicyclic) bond motifs is 1. The molecule has 1 aliphatic heterocycles. The number of nitrogens with two attached hydrogens (primary N) is 2. The fourth-order valence-electron chi connectivity index (χ4n) is 3.37. The standard InChI is InChI=1S/C17H27N7O7S/c1-8(2)3-9(18)17(27)23-32(28,29)31-5-11-14(26)13(25)10(4-30-11)24-7-22-12-15(19)20-6-21-16(12)24/h6-11,13-14,25-26H,3-5,18H2,1-2H3,(H,23,27)(H2,19,20,21)/t9-,10+,11+,13-,14+/m0/s1. The SMILES string of the molecule is CC(C)C[C@H](N)C(=O)NS(=O)(=O)OC[C@H]1OC[C@@H](n2cnc3c(N)ncnc32)[C@H](O)[C@@H]1O. The quantitative estimate of drug-likeness (QED) is 0.276. The number of amides is 1. The third-order valence-corrected chi connectivity index (χ3v) is 5.92. The Hall–Kier alpha value is -2.43. The van der Waals surface area contributed by atoms with E-state index in [9.17, 15) is 23.4 Å². The molecule has 3 rings (SSSR count). The maximum absolute atomic E-state index is 12.0. The van der Waals surface area contributed by atoms with Crippen molar-refractivity contribution in [1.82, 2.24) is 24.2 Å². The summed E-state index contributed by atoms with van der Waals surface area (Å²) >= 11 is 0. The Balaban J connectivity index is 1.61. The van der Waals surface area contributed by atoms with Gasteiger partial charge in [-0.1, -0.05) is 13.8 Å². The van der Waals surface area contributed by atoms with Crippen LogP contribution in [-0.4, -0.2) is 81.6 Å². The first-order valence-electron chi connectivity index (χ1n) is 9.87. The normalized spacial score (nSPS) is 25.2. The molecule has 0 aromatic carbocycles. The zero-order chi connectivity index (χ0) is 23.6. The molecular formula is C17H27N7O7S. The van der Waals surface area contributed by atoms with Gasteiger partial charge in [0.1, 0.15) is 30.2 Å². The highest BCUT2D eigenvalue weighted by molar-refractivity contribution is 7.85.